The molecule has 0 N–H and O–H groups in total. The summed E-state index contributed by atoms with van der Waals surface area (Å²) in [6.07, 6.45) is 4.75. The van der Waals surface area contributed by atoms with E-state index in [0.29, 0.717) is 0 Å². The fourth-order valence-corrected chi connectivity index (χ4v) is 0. The average Bonchev–Trinajstić information content (AvgIpc) is 1.92. The Bertz CT molecular complexity index is 37.6. The van der Waals surface area contributed by atoms with Crippen LogP contribution < -0.4 is 175 Å². The van der Waals surface area contributed by atoms with Gasteiger partial charge in [-0.3, -0.25) is 0 Å². The maximum atomic E-state index is 3.49. The van der Waals surface area contributed by atoms with Gasteiger partial charge in [-0.15, -0.1) is 6.58 Å². The second kappa shape index (κ2) is 92.2. The summed E-state index contributed by atoms with van der Waals surface area (Å²) in [5.41, 5.74) is 0. The van der Waals surface area contributed by atoms with Gasteiger partial charge in [0.25, 0.3) is 0 Å². The molecule has 1 radical (unpaired) electrons. The molecule has 0 aromatic rings. The van der Waals surface area contributed by atoms with Crippen molar-refractivity contribution in [3.63, 3.8) is 0 Å². The number of rotatable bonds is 0. The van der Waals surface area contributed by atoms with Crippen molar-refractivity contribution in [3.8, 4) is 0 Å². The zero-order valence-corrected chi connectivity index (χ0v) is 33.2. The Kier molecular flexibility index (Phi) is 306. The maximum absolute atomic E-state index is 3.49. The molecule has 0 saturated heterocycles. The fraction of sp³-hybridized carbons (Fsp3) is 0.615. The SMILES string of the molecule is C.C=CC.[CH2-]CC.[CH2-]CC.[CH2-]CC.[Rb+].[Rb+].[Rb+].[Rb]. The molecule has 0 aliphatic rings. The van der Waals surface area contributed by atoms with Crippen LogP contribution in [0.25, 0.3) is 0 Å². The Morgan fingerprint density at radius 3 is 0.824 bits per heavy atom. The molecule has 0 nitrogen and oxygen atoms in total. The van der Waals surface area contributed by atoms with E-state index in [-0.39, 0.29) is 240 Å². The van der Waals surface area contributed by atoms with E-state index in [4.69, 9.17) is 0 Å². The van der Waals surface area contributed by atoms with E-state index in [2.05, 4.69) is 27.4 Å². The largest absolute Gasteiger partial charge is 1.00 e. The smallest absolute Gasteiger partial charge is 0.344 e. The van der Waals surface area contributed by atoms with Crippen molar-refractivity contribution in [2.45, 2.75) is 54.4 Å². The van der Waals surface area contributed by atoms with Gasteiger partial charge in [-0.1, -0.05) is 34.3 Å². The molecule has 0 atom stereocenters. The third-order valence-corrected chi connectivity index (χ3v) is 0. The summed E-state index contributed by atoms with van der Waals surface area (Å²) in [6.45, 7) is 21.8. The zero-order chi connectivity index (χ0) is 10.8. The normalized spacial score (nSPS) is 3.94. The van der Waals surface area contributed by atoms with Crippen LogP contribution in [0.1, 0.15) is 54.4 Å². The van der Waals surface area contributed by atoms with Gasteiger partial charge in [-0.2, -0.15) is 19.3 Å². The maximum Gasteiger partial charge on any atom is 1.00 e. The van der Waals surface area contributed by atoms with Gasteiger partial charge >= 0.3 is 175 Å². The summed E-state index contributed by atoms with van der Waals surface area (Å²) >= 11 is 0. The van der Waals surface area contributed by atoms with Crippen molar-refractivity contribution in [3.05, 3.63) is 33.4 Å². The molecule has 0 unspecified atom stereocenters. The third kappa shape index (κ3) is 208. The van der Waals surface area contributed by atoms with Crippen molar-refractivity contribution in [2.75, 3.05) is 0 Å². The van der Waals surface area contributed by atoms with Gasteiger partial charge < -0.3 is 20.8 Å². The molecule has 0 aliphatic heterocycles. The van der Waals surface area contributed by atoms with Gasteiger partial charge in [0, 0.05) is 58.2 Å². The molecular formula is C13H31Rb4. The van der Waals surface area contributed by atoms with Crippen LogP contribution in [0.2, 0.25) is 0 Å². The van der Waals surface area contributed by atoms with Gasteiger partial charge in [0.1, 0.15) is 0 Å². The minimum atomic E-state index is 0. The van der Waals surface area contributed by atoms with Crippen LogP contribution in [0.5, 0.6) is 0 Å². The van der Waals surface area contributed by atoms with E-state index < -0.39 is 0 Å². The van der Waals surface area contributed by atoms with Gasteiger partial charge in [-0.05, 0) is 6.92 Å². The summed E-state index contributed by atoms with van der Waals surface area (Å²) in [7, 11) is 0. The minimum Gasteiger partial charge on any atom is -0.344 e. The van der Waals surface area contributed by atoms with Crippen LogP contribution in [0.15, 0.2) is 12.7 Å². The number of hydrogen-bond acceptors (Lipinski definition) is 0. The Morgan fingerprint density at radius 2 is 0.824 bits per heavy atom. The van der Waals surface area contributed by atoms with Gasteiger partial charge in [-0.25, -0.2) is 0 Å². The molecule has 17 heavy (non-hydrogen) atoms. The molecule has 0 heterocycles. The van der Waals surface area contributed by atoms with Crippen molar-refractivity contribution >= 4 is 58.2 Å². The summed E-state index contributed by atoms with van der Waals surface area (Å²) in [5.74, 6) is 0. The molecule has 0 aromatic heterocycles. The first kappa shape index (κ1) is 56.4. The first-order valence-corrected chi connectivity index (χ1v) is 4.61. The molecule has 4 heteroatoms. The van der Waals surface area contributed by atoms with Crippen molar-refractivity contribution in [1.82, 2.24) is 0 Å². The molecule has 0 saturated carbocycles. The molecule has 0 aliphatic carbocycles. The summed E-state index contributed by atoms with van der Waals surface area (Å²) in [4.78, 5) is 0. The van der Waals surface area contributed by atoms with E-state index in [1.54, 1.807) is 6.08 Å². The minimum absolute atomic E-state index is 0. The van der Waals surface area contributed by atoms with Crippen LogP contribution in [0, 0.1) is 20.8 Å². The average molecular weight is 529 g/mol. The summed E-state index contributed by atoms with van der Waals surface area (Å²) < 4.78 is 0. The van der Waals surface area contributed by atoms with Crippen molar-refractivity contribution < 1.29 is 175 Å². The quantitative estimate of drug-likeness (QED) is 0.223. The Morgan fingerprint density at radius 1 is 0.824 bits per heavy atom. The van der Waals surface area contributed by atoms with E-state index in [0.717, 1.165) is 19.3 Å². The predicted molar refractivity (Wildman–Crippen MR) is 75.3 cm³/mol. The van der Waals surface area contributed by atoms with Crippen LogP contribution >= 0.6 is 0 Å². The first-order chi connectivity index (χ1) is 5.66. The summed E-state index contributed by atoms with van der Waals surface area (Å²) in [5, 5.41) is 0. The predicted octanol–water partition coefficient (Wildman–Crippen LogP) is -3.85. The molecular weight excluding hydrogens is 498 g/mol. The van der Waals surface area contributed by atoms with Crippen molar-refractivity contribution in [1.29, 1.82) is 0 Å². The second-order valence-electron chi connectivity index (χ2n) is 1.91. The number of allylic oxidation sites excluding steroid dienone is 1. The van der Waals surface area contributed by atoms with Crippen LogP contribution in [0.4, 0.5) is 0 Å². The Hall–Kier alpha value is 6.96. The molecule has 0 fully saturated rings. The second-order valence-corrected chi connectivity index (χ2v) is 1.91. The Balaban J connectivity index is -0.00000000653. The van der Waals surface area contributed by atoms with Crippen molar-refractivity contribution in [2.24, 2.45) is 0 Å². The topological polar surface area (TPSA) is 0 Å². The van der Waals surface area contributed by atoms with E-state index in [1.165, 1.54) is 0 Å². The molecule has 0 rings (SSSR count). The Labute approximate surface area is 310 Å². The molecule has 0 spiro atoms. The van der Waals surface area contributed by atoms with Gasteiger partial charge in [0.2, 0.25) is 0 Å². The molecule has 0 amide bonds. The monoisotopic (exact) mass is 527 g/mol. The summed E-state index contributed by atoms with van der Waals surface area (Å²) in [6, 6.07) is 0. The van der Waals surface area contributed by atoms with E-state index >= 15 is 0 Å². The molecule has 87 valence electrons. The van der Waals surface area contributed by atoms with Crippen LogP contribution in [-0.2, 0) is 0 Å². The van der Waals surface area contributed by atoms with E-state index in [9.17, 15) is 0 Å². The molecule has 0 aromatic carbocycles. The van der Waals surface area contributed by atoms with Crippen LogP contribution in [0.3, 0.4) is 0 Å². The third-order valence-electron chi connectivity index (χ3n) is 0. The van der Waals surface area contributed by atoms with Gasteiger partial charge in [0.05, 0.1) is 0 Å². The van der Waals surface area contributed by atoms with Gasteiger partial charge in [0.15, 0.2) is 0 Å². The molecule has 0 bridgehead atoms. The standard InChI is InChI=1S/3C3H7.C3H6.CH4.4Rb/c4*1-3-2;;;;;/h3*1,3H2,2H3;3H,1H2,2H3;1H4;;;;/q3*-1;;;;3*+1. The first-order valence-electron chi connectivity index (χ1n) is 4.61. The van der Waals surface area contributed by atoms with Crippen LogP contribution in [-0.4, -0.2) is 58.2 Å². The van der Waals surface area contributed by atoms with E-state index in [1.807, 2.05) is 27.7 Å². The zero-order valence-electron chi connectivity index (χ0n) is 13.5. The number of hydrogen-bond donors (Lipinski definition) is 0. The fourth-order valence-electron chi connectivity index (χ4n) is 0.